The van der Waals surface area contributed by atoms with Crippen molar-refractivity contribution in [3.05, 3.63) is 36.0 Å². The van der Waals surface area contributed by atoms with Crippen LogP contribution < -0.4 is 0 Å². The van der Waals surface area contributed by atoms with E-state index in [0.29, 0.717) is 18.4 Å². The first-order valence-electron chi connectivity index (χ1n) is 17.2. The van der Waals surface area contributed by atoms with Gasteiger partial charge in [0.15, 0.2) is 6.10 Å². The van der Waals surface area contributed by atoms with E-state index < -0.39 is 66.3 Å². The molecule has 3 heterocycles. The third kappa shape index (κ3) is 13.0. The number of hydrogen-bond acceptors (Lipinski definition) is 10. The molecule has 280 valence electrons. The van der Waals surface area contributed by atoms with E-state index in [1.165, 1.54) is 22.8 Å². The standard InChI is InChI=1S/C35H55F3N2O9/c1-7-26(42)24(4)31-27(47-31)20-33(5,45)13-8-9-22(2)30-23(3)10-11-28(34(6,46)14-12-25(41)19-29(43)49-30)48-32(44)40-17-15-39(16-18-40)21-35(36,37)38/h8-11,13,23-28,30-31,41-42,45-46H,7,12,14-21H2,1-6H3. The smallest absolute Gasteiger partial charge is 0.410 e. The van der Waals surface area contributed by atoms with Crippen LogP contribution in [0.2, 0.25) is 0 Å². The lowest BCUT2D eigenvalue weighted by molar-refractivity contribution is -0.151. The molecule has 0 radical (unpaired) electrons. The molecular formula is C35H55F3N2O9. The predicted octanol–water partition coefficient (Wildman–Crippen LogP) is 3.89. The van der Waals surface area contributed by atoms with Gasteiger partial charge in [-0.3, -0.25) is 9.69 Å². The summed E-state index contributed by atoms with van der Waals surface area (Å²) in [5.41, 5.74) is -2.22. The third-order valence-corrected chi connectivity index (χ3v) is 9.63. The molecule has 0 saturated carbocycles. The van der Waals surface area contributed by atoms with Gasteiger partial charge in [0.05, 0.1) is 43.0 Å². The monoisotopic (exact) mass is 704 g/mol. The lowest BCUT2D eigenvalue weighted by Gasteiger charge is -2.37. The van der Waals surface area contributed by atoms with Crippen molar-refractivity contribution in [1.82, 2.24) is 9.80 Å². The minimum Gasteiger partial charge on any atom is -0.457 e. The molecule has 11 nitrogen and oxygen atoms in total. The lowest BCUT2D eigenvalue weighted by Crippen LogP contribution is -2.52. The van der Waals surface area contributed by atoms with E-state index in [-0.39, 0.29) is 63.6 Å². The highest BCUT2D eigenvalue weighted by Gasteiger charge is 2.47. The van der Waals surface area contributed by atoms with Crippen molar-refractivity contribution in [2.75, 3.05) is 32.7 Å². The molecular weight excluding hydrogens is 649 g/mol. The first-order valence-corrected chi connectivity index (χ1v) is 17.2. The lowest BCUT2D eigenvalue weighted by atomic mass is 9.88. The first kappa shape index (κ1) is 40.9. The summed E-state index contributed by atoms with van der Waals surface area (Å²) in [5, 5.41) is 43.0. The highest BCUT2D eigenvalue weighted by atomic mass is 19.4. The Morgan fingerprint density at radius 1 is 1.22 bits per heavy atom. The van der Waals surface area contributed by atoms with Crippen LogP contribution >= 0.6 is 0 Å². The molecule has 0 aromatic heterocycles. The van der Waals surface area contributed by atoms with Gasteiger partial charge >= 0.3 is 18.2 Å². The molecule has 0 aliphatic carbocycles. The van der Waals surface area contributed by atoms with E-state index in [2.05, 4.69) is 0 Å². The molecule has 3 rings (SSSR count). The van der Waals surface area contributed by atoms with Crippen LogP contribution in [0.15, 0.2) is 36.0 Å². The molecule has 0 spiro atoms. The SMILES string of the molecule is CCC(O)C(C)C1OC1CC(C)(O)C=CC=C(C)C1OC(=O)CC(O)CCC(C)(O)C(OC(=O)N2CCN(CC(F)(F)F)CC2)C=CC1C. The zero-order chi connectivity index (χ0) is 36.7. The molecule has 49 heavy (non-hydrogen) atoms. The molecule has 14 heteroatoms. The Balaban J connectivity index is 1.72. The number of epoxide rings is 1. The highest BCUT2D eigenvalue weighted by molar-refractivity contribution is 5.70. The fourth-order valence-electron chi connectivity index (χ4n) is 6.33. The van der Waals surface area contributed by atoms with Crippen LogP contribution in [0.4, 0.5) is 18.0 Å². The number of aliphatic hydroxyl groups is 4. The zero-order valence-electron chi connectivity index (χ0n) is 29.4. The molecule has 0 aromatic rings. The summed E-state index contributed by atoms with van der Waals surface area (Å²) < 4.78 is 55.6. The topological polar surface area (TPSA) is 153 Å². The summed E-state index contributed by atoms with van der Waals surface area (Å²) in [5.74, 6) is -1.16. The number of ether oxygens (including phenoxy) is 3. The van der Waals surface area contributed by atoms with Crippen molar-refractivity contribution in [1.29, 1.82) is 0 Å². The number of hydrogen-bond donors (Lipinski definition) is 4. The van der Waals surface area contributed by atoms with E-state index in [1.54, 1.807) is 45.1 Å². The Bertz CT molecular complexity index is 1200. The number of alkyl halides is 3. The number of carbonyl (C=O) groups excluding carboxylic acids is 2. The molecule has 3 aliphatic heterocycles. The molecule has 1 amide bonds. The van der Waals surface area contributed by atoms with E-state index in [4.69, 9.17) is 14.2 Å². The number of allylic oxidation sites excluding steroid dienone is 2. The molecule has 3 aliphatic rings. The van der Waals surface area contributed by atoms with Gasteiger partial charge in [0.1, 0.15) is 11.7 Å². The summed E-state index contributed by atoms with van der Waals surface area (Å²) in [6.45, 7) is 9.51. The Hall–Kier alpha value is -2.49. The van der Waals surface area contributed by atoms with Crippen molar-refractivity contribution in [3.63, 3.8) is 0 Å². The highest BCUT2D eigenvalue weighted by Crippen LogP contribution is 2.37. The van der Waals surface area contributed by atoms with Crippen LogP contribution in [0.5, 0.6) is 0 Å². The average Bonchev–Trinajstić information content (AvgIpc) is 3.76. The van der Waals surface area contributed by atoms with Crippen LogP contribution in [-0.2, 0) is 19.0 Å². The van der Waals surface area contributed by atoms with Gasteiger partial charge in [-0.1, -0.05) is 45.1 Å². The Labute approximate surface area is 287 Å². The number of aliphatic hydroxyl groups excluding tert-OH is 2. The number of esters is 1. The number of amides is 1. The largest absolute Gasteiger partial charge is 0.457 e. The van der Waals surface area contributed by atoms with Crippen LogP contribution in [0.3, 0.4) is 0 Å². The summed E-state index contributed by atoms with van der Waals surface area (Å²) in [6.07, 6.45) is -0.228. The summed E-state index contributed by atoms with van der Waals surface area (Å²) in [6, 6.07) is 0. The second kappa shape index (κ2) is 17.1. The molecule has 2 fully saturated rings. The van der Waals surface area contributed by atoms with Crippen LogP contribution in [-0.4, -0.2) is 129 Å². The van der Waals surface area contributed by atoms with Gasteiger partial charge in [0.25, 0.3) is 0 Å². The summed E-state index contributed by atoms with van der Waals surface area (Å²) in [7, 11) is 0. The van der Waals surface area contributed by atoms with Crippen LogP contribution in [0.25, 0.3) is 0 Å². The molecule has 0 aromatic carbocycles. The molecule has 2 saturated heterocycles. The Morgan fingerprint density at radius 3 is 2.49 bits per heavy atom. The predicted molar refractivity (Wildman–Crippen MR) is 175 cm³/mol. The van der Waals surface area contributed by atoms with Gasteiger partial charge in [-0.05, 0) is 51.7 Å². The van der Waals surface area contributed by atoms with Crippen molar-refractivity contribution in [3.8, 4) is 0 Å². The van der Waals surface area contributed by atoms with Crippen molar-refractivity contribution >= 4 is 12.1 Å². The van der Waals surface area contributed by atoms with Gasteiger partial charge in [0, 0.05) is 44.4 Å². The Morgan fingerprint density at radius 2 is 1.88 bits per heavy atom. The second-order valence-corrected chi connectivity index (χ2v) is 14.4. The van der Waals surface area contributed by atoms with E-state index in [1.807, 2.05) is 13.8 Å². The van der Waals surface area contributed by atoms with Crippen LogP contribution in [0, 0.1) is 11.8 Å². The fourth-order valence-corrected chi connectivity index (χ4v) is 6.33. The molecule has 10 atom stereocenters. The Kier molecular flexibility index (Phi) is 14.3. The van der Waals surface area contributed by atoms with E-state index >= 15 is 0 Å². The number of halogens is 3. The minimum absolute atomic E-state index is 0.00865. The van der Waals surface area contributed by atoms with Crippen molar-refractivity contribution < 1.29 is 57.4 Å². The number of cyclic esters (lactones) is 1. The van der Waals surface area contributed by atoms with Crippen molar-refractivity contribution in [2.24, 2.45) is 11.8 Å². The zero-order valence-corrected chi connectivity index (χ0v) is 29.4. The minimum atomic E-state index is -4.34. The van der Waals surface area contributed by atoms with Crippen molar-refractivity contribution in [2.45, 2.75) is 128 Å². The maximum Gasteiger partial charge on any atom is 0.410 e. The number of nitrogens with zero attached hydrogens (tertiary/aromatic N) is 2. The number of piperazine rings is 1. The molecule has 4 N–H and O–H groups in total. The fraction of sp³-hybridized carbons (Fsp3) is 0.771. The second-order valence-electron chi connectivity index (χ2n) is 14.4. The maximum absolute atomic E-state index is 13.1. The van der Waals surface area contributed by atoms with Gasteiger partial charge in [-0.2, -0.15) is 13.2 Å². The maximum atomic E-state index is 13.1. The summed E-state index contributed by atoms with van der Waals surface area (Å²) in [4.78, 5) is 28.4. The average molecular weight is 705 g/mol. The van der Waals surface area contributed by atoms with Gasteiger partial charge < -0.3 is 39.5 Å². The summed E-state index contributed by atoms with van der Waals surface area (Å²) >= 11 is 0. The van der Waals surface area contributed by atoms with Gasteiger partial charge in [0.2, 0.25) is 0 Å². The normalized spacial score (nSPS) is 33.6. The van der Waals surface area contributed by atoms with Crippen LogP contribution in [0.1, 0.15) is 73.6 Å². The first-order chi connectivity index (χ1) is 22.7. The number of rotatable bonds is 10. The van der Waals surface area contributed by atoms with Gasteiger partial charge in [-0.25, -0.2) is 4.79 Å². The van der Waals surface area contributed by atoms with E-state index in [0.717, 1.165) is 0 Å². The van der Waals surface area contributed by atoms with E-state index in [9.17, 15) is 43.2 Å². The molecule has 0 bridgehead atoms. The molecule has 10 unspecified atom stereocenters. The number of carbonyl (C=O) groups is 2. The van der Waals surface area contributed by atoms with Gasteiger partial charge in [-0.15, -0.1) is 0 Å². The third-order valence-electron chi connectivity index (χ3n) is 9.63. The quantitative estimate of drug-likeness (QED) is 0.114.